The first-order valence-electron chi connectivity index (χ1n) is 10.9. The molecule has 0 radical (unpaired) electrons. The van der Waals surface area contributed by atoms with E-state index in [2.05, 4.69) is 51.0 Å². The highest BCUT2D eigenvalue weighted by atomic mass is 79.9. The number of alkyl halides is 1. The lowest BCUT2D eigenvalue weighted by Crippen LogP contribution is -1.91. The number of hydrogen-bond acceptors (Lipinski definition) is 5. The van der Waals surface area contributed by atoms with Gasteiger partial charge in [0.1, 0.15) is 0 Å². The van der Waals surface area contributed by atoms with Crippen LogP contribution in [0.25, 0.3) is 22.3 Å². The van der Waals surface area contributed by atoms with Gasteiger partial charge in [-0.3, -0.25) is 0 Å². The molecule has 4 aromatic rings. The van der Waals surface area contributed by atoms with E-state index in [1.807, 2.05) is 49.4 Å². The summed E-state index contributed by atoms with van der Waals surface area (Å²) in [4.78, 5) is 8.21. The zero-order valence-corrected chi connectivity index (χ0v) is 21.5. The van der Waals surface area contributed by atoms with E-state index in [9.17, 15) is 0 Å². The molecule has 6 heteroatoms. The van der Waals surface area contributed by atoms with Crippen molar-refractivity contribution in [3.05, 3.63) is 95.3 Å². The van der Waals surface area contributed by atoms with Crippen LogP contribution in [0.3, 0.4) is 0 Å². The second-order valence-corrected chi connectivity index (χ2v) is 8.32. The zero-order valence-electron chi connectivity index (χ0n) is 19.9. The van der Waals surface area contributed by atoms with Gasteiger partial charge >= 0.3 is 0 Å². The minimum Gasteiger partial charge on any atom is -0.481 e. The van der Waals surface area contributed by atoms with Crippen molar-refractivity contribution in [3.8, 4) is 34.0 Å². The lowest BCUT2D eigenvalue weighted by Gasteiger charge is -2.09. The summed E-state index contributed by atoms with van der Waals surface area (Å²) in [5.41, 5.74) is 9.09. The quantitative estimate of drug-likeness (QED) is 0.293. The van der Waals surface area contributed by atoms with Crippen molar-refractivity contribution in [3.63, 3.8) is 0 Å². The Hall–Kier alpha value is -3.22. The molecule has 2 aromatic heterocycles. The van der Waals surface area contributed by atoms with Crippen LogP contribution in [0.4, 0.5) is 0 Å². The molecule has 0 atom stereocenters. The topological polar surface area (TPSA) is 64.5 Å². The summed E-state index contributed by atoms with van der Waals surface area (Å²) in [6, 6.07) is 20.2. The summed E-state index contributed by atoms with van der Waals surface area (Å²) in [6.07, 6.45) is 3.49. The van der Waals surface area contributed by atoms with Crippen molar-refractivity contribution in [1.82, 2.24) is 9.97 Å². The van der Waals surface area contributed by atoms with Gasteiger partial charge in [0.15, 0.2) is 0 Å². The van der Waals surface area contributed by atoms with Crippen LogP contribution in [-0.2, 0) is 11.9 Å². The van der Waals surface area contributed by atoms with Crippen LogP contribution in [0.15, 0.2) is 73.1 Å². The SMILES string of the molecule is COc1cc(-c2cc(CBr)ccc2C)ccn1.COc1cc(-c2cc(CO)ccc2C)ccn1. The van der Waals surface area contributed by atoms with Crippen molar-refractivity contribution < 1.29 is 14.6 Å². The third-order valence-electron chi connectivity index (χ3n) is 5.45. The van der Waals surface area contributed by atoms with Crippen molar-refractivity contribution in [2.45, 2.75) is 25.8 Å². The summed E-state index contributed by atoms with van der Waals surface area (Å²) < 4.78 is 10.3. The predicted octanol–water partition coefficient (Wildman–Crippen LogP) is 6.52. The fourth-order valence-electron chi connectivity index (χ4n) is 3.52. The van der Waals surface area contributed by atoms with Crippen LogP contribution in [-0.4, -0.2) is 29.3 Å². The fraction of sp³-hybridized carbons (Fsp3) is 0.214. The van der Waals surface area contributed by atoms with Gasteiger partial charge in [-0.25, -0.2) is 9.97 Å². The van der Waals surface area contributed by atoms with Gasteiger partial charge in [0, 0.05) is 29.9 Å². The number of nitrogens with zero attached hydrogens (tertiary/aromatic N) is 2. The predicted molar refractivity (Wildman–Crippen MR) is 140 cm³/mol. The van der Waals surface area contributed by atoms with Crippen molar-refractivity contribution in [2.24, 2.45) is 0 Å². The molecule has 0 aliphatic rings. The molecule has 5 nitrogen and oxygen atoms in total. The Morgan fingerprint density at radius 1 is 0.706 bits per heavy atom. The molecule has 1 N–H and O–H groups in total. The van der Waals surface area contributed by atoms with E-state index in [4.69, 9.17) is 14.6 Å². The minimum absolute atomic E-state index is 0.0511. The highest BCUT2D eigenvalue weighted by molar-refractivity contribution is 9.08. The number of hydrogen-bond donors (Lipinski definition) is 1. The van der Waals surface area contributed by atoms with Crippen LogP contribution >= 0.6 is 15.9 Å². The third-order valence-corrected chi connectivity index (χ3v) is 6.10. The Balaban J connectivity index is 0.000000191. The van der Waals surface area contributed by atoms with E-state index in [0.717, 1.165) is 33.1 Å². The second-order valence-electron chi connectivity index (χ2n) is 7.76. The molecular weight excluding hydrogens is 492 g/mol. The molecule has 34 heavy (non-hydrogen) atoms. The molecule has 0 unspecified atom stereocenters. The van der Waals surface area contributed by atoms with Gasteiger partial charge in [0.05, 0.1) is 20.8 Å². The highest BCUT2D eigenvalue weighted by Gasteiger charge is 2.06. The van der Waals surface area contributed by atoms with E-state index in [-0.39, 0.29) is 6.61 Å². The van der Waals surface area contributed by atoms with Gasteiger partial charge in [0.2, 0.25) is 11.8 Å². The average molecular weight is 521 g/mol. The molecule has 0 amide bonds. The number of ether oxygens (including phenoxy) is 2. The van der Waals surface area contributed by atoms with Gasteiger partial charge in [-0.05, 0) is 76.6 Å². The smallest absolute Gasteiger partial charge is 0.213 e. The van der Waals surface area contributed by atoms with Gasteiger partial charge in [0.25, 0.3) is 0 Å². The van der Waals surface area contributed by atoms with Crippen LogP contribution < -0.4 is 9.47 Å². The molecule has 0 fully saturated rings. The molecule has 0 saturated heterocycles. The summed E-state index contributed by atoms with van der Waals surface area (Å²) in [7, 11) is 3.23. The fourth-order valence-corrected chi connectivity index (χ4v) is 3.87. The van der Waals surface area contributed by atoms with E-state index < -0.39 is 0 Å². The Morgan fingerprint density at radius 2 is 1.18 bits per heavy atom. The zero-order chi connectivity index (χ0) is 24.5. The first-order chi connectivity index (χ1) is 16.5. The van der Waals surface area contributed by atoms with E-state index in [1.165, 1.54) is 16.7 Å². The van der Waals surface area contributed by atoms with Crippen LogP contribution in [0.5, 0.6) is 11.8 Å². The highest BCUT2D eigenvalue weighted by Crippen LogP contribution is 2.28. The lowest BCUT2D eigenvalue weighted by atomic mass is 9.99. The van der Waals surface area contributed by atoms with Crippen LogP contribution in [0, 0.1) is 13.8 Å². The summed E-state index contributed by atoms with van der Waals surface area (Å²) in [6.45, 7) is 4.21. The first-order valence-corrected chi connectivity index (χ1v) is 12.0. The first kappa shape index (κ1) is 25.4. The number of aryl methyl sites for hydroxylation is 2. The monoisotopic (exact) mass is 520 g/mol. The van der Waals surface area contributed by atoms with Gasteiger partial charge < -0.3 is 14.6 Å². The summed E-state index contributed by atoms with van der Waals surface area (Å²) >= 11 is 3.48. The second kappa shape index (κ2) is 12.3. The molecule has 2 aromatic carbocycles. The number of aromatic nitrogens is 2. The number of aliphatic hydroxyl groups excluding tert-OH is 1. The number of aliphatic hydroxyl groups is 1. The molecule has 176 valence electrons. The molecule has 0 aliphatic heterocycles. The van der Waals surface area contributed by atoms with Gasteiger partial charge in [-0.2, -0.15) is 0 Å². The summed E-state index contributed by atoms with van der Waals surface area (Å²) in [5, 5.41) is 10.0. The molecular formula is C28H29BrN2O3. The van der Waals surface area contributed by atoms with Crippen LogP contribution in [0.2, 0.25) is 0 Å². The molecule has 0 saturated carbocycles. The van der Waals surface area contributed by atoms with E-state index in [1.54, 1.807) is 26.6 Å². The maximum Gasteiger partial charge on any atom is 0.213 e. The maximum atomic E-state index is 9.16. The normalized spacial score (nSPS) is 10.3. The standard InChI is InChI=1S/C14H14BrNO.C14H15NO2/c1-10-3-4-11(9-15)7-13(10)12-5-6-16-14(8-12)17-2;1-10-3-4-11(9-16)7-13(10)12-5-6-15-14(8-12)17-2/h3-8H,9H2,1-2H3;3-8,16H,9H2,1-2H3. The Morgan fingerprint density at radius 3 is 1.62 bits per heavy atom. The van der Waals surface area contributed by atoms with Gasteiger partial charge in [-0.15, -0.1) is 0 Å². The van der Waals surface area contributed by atoms with E-state index in [0.29, 0.717) is 11.8 Å². The minimum atomic E-state index is 0.0511. The van der Waals surface area contributed by atoms with Gasteiger partial charge in [-0.1, -0.05) is 46.3 Å². The Kier molecular flexibility index (Phi) is 9.19. The largest absolute Gasteiger partial charge is 0.481 e. The van der Waals surface area contributed by atoms with Crippen molar-refractivity contribution >= 4 is 15.9 Å². The average Bonchev–Trinajstić information content (AvgIpc) is 2.89. The maximum absolute atomic E-state index is 9.16. The lowest BCUT2D eigenvalue weighted by molar-refractivity contribution is 0.282. The molecule has 0 aliphatic carbocycles. The third kappa shape index (κ3) is 6.43. The molecule has 4 rings (SSSR count). The number of halogens is 1. The molecule has 0 bridgehead atoms. The van der Waals surface area contributed by atoms with Crippen molar-refractivity contribution in [2.75, 3.05) is 14.2 Å². The molecule has 0 spiro atoms. The number of benzene rings is 2. The van der Waals surface area contributed by atoms with Crippen molar-refractivity contribution in [1.29, 1.82) is 0 Å². The number of methoxy groups -OCH3 is 2. The number of pyridine rings is 2. The summed E-state index contributed by atoms with van der Waals surface area (Å²) in [5.74, 6) is 1.24. The number of rotatable bonds is 6. The van der Waals surface area contributed by atoms with Crippen LogP contribution in [0.1, 0.15) is 22.3 Å². The Bertz CT molecular complexity index is 1150. The van der Waals surface area contributed by atoms with E-state index >= 15 is 0 Å². The molecule has 2 heterocycles. The Labute approximate surface area is 209 Å².